The predicted molar refractivity (Wildman–Crippen MR) is 111 cm³/mol. The molecule has 27 heavy (non-hydrogen) atoms. The first-order chi connectivity index (χ1) is 13.2. The highest BCUT2D eigenvalue weighted by Crippen LogP contribution is 2.32. The van der Waals surface area contributed by atoms with E-state index < -0.39 is 0 Å². The Kier molecular flexibility index (Phi) is 6.29. The molecular formula is C21H21BrN2O3. The van der Waals surface area contributed by atoms with Crippen molar-refractivity contribution in [1.29, 1.82) is 0 Å². The average Bonchev–Trinajstić information content (AvgIpc) is 2.70. The summed E-state index contributed by atoms with van der Waals surface area (Å²) in [5.74, 6) is 1.37. The smallest absolute Gasteiger partial charge is 0.272 e. The van der Waals surface area contributed by atoms with Gasteiger partial charge in [0.1, 0.15) is 10.1 Å². The van der Waals surface area contributed by atoms with Gasteiger partial charge in [0.25, 0.3) is 5.56 Å². The van der Waals surface area contributed by atoms with Gasteiger partial charge in [-0.3, -0.25) is 9.20 Å². The van der Waals surface area contributed by atoms with Crippen LogP contribution in [0.15, 0.2) is 51.9 Å². The number of methoxy groups -OCH3 is 1. The van der Waals surface area contributed by atoms with Gasteiger partial charge < -0.3 is 9.47 Å². The Morgan fingerprint density at radius 1 is 1.19 bits per heavy atom. The van der Waals surface area contributed by atoms with Crippen LogP contribution in [-0.2, 0) is 0 Å². The number of aromatic nitrogens is 2. The van der Waals surface area contributed by atoms with Crippen molar-refractivity contribution in [2.75, 3.05) is 13.7 Å². The standard InChI is InChI=1S/C21H21BrN2O3/c1-3-4-14-27-20-15(8-7-9-17(20)26-2)11-12-16-19(22)21(25)24-13-6-5-10-18(24)23-16/h5-13H,3-4,14H2,1-2H3/b12-11+. The summed E-state index contributed by atoms with van der Waals surface area (Å²) < 4.78 is 13.3. The summed E-state index contributed by atoms with van der Waals surface area (Å²) >= 11 is 3.37. The predicted octanol–water partition coefficient (Wildman–Crippen LogP) is 4.81. The maximum atomic E-state index is 12.5. The third kappa shape index (κ3) is 4.22. The number of unbranched alkanes of at least 4 members (excludes halogenated alkanes) is 1. The zero-order chi connectivity index (χ0) is 19.2. The second-order valence-electron chi connectivity index (χ2n) is 5.96. The van der Waals surface area contributed by atoms with Crippen LogP contribution in [0.3, 0.4) is 0 Å². The Morgan fingerprint density at radius 2 is 2.04 bits per heavy atom. The van der Waals surface area contributed by atoms with Crippen LogP contribution in [0.1, 0.15) is 31.0 Å². The molecule has 0 fully saturated rings. The monoisotopic (exact) mass is 428 g/mol. The van der Waals surface area contributed by atoms with Crippen LogP contribution in [0.25, 0.3) is 17.8 Å². The Labute approximate surface area is 166 Å². The van der Waals surface area contributed by atoms with E-state index in [1.54, 1.807) is 31.5 Å². The van der Waals surface area contributed by atoms with Crippen molar-refractivity contribution in [2.45, 2.75) is 19.8 Å². The van der Waals surface area contributed by atoms with Crippen LogP contribution < -0.4 is 15.0 Å². The molecule has 0 N–H and O–H groups in total. The van der Waals surface area contributed by atoms with Crippen LogP contribution in [-0.4, -0.2) is 23.1 Å². The summed E-state index contributed by atoms with van der Waals surface area (Å²) in [5.41, 5.74) is 1.88. The van der Waals surface area contributed by atoms with Gasteiger partial charge in [0.05, 0.1) is 19.4 Å². The van der Waals surface area contributed by atoms with Crippen LogP contribution >= 0.6 is 15.9 Å². The maximum absolute atomic E-state index is 12.5. The third-order valence-electron chi connectivity index (χ3n) is 4.10. The molecule has 0 atom stereocenters. The van der Waals surface area contributed by atoms with Gasteiger partial charge in [-0.25, -0.2) is 4.98 Å². The molecule has 3 aromatic rings. The Bertz CT molecular complexity index is 1030. The largest absolute Gasteiger partial charge is 0.493 e. The molecule has 0 aliphatic heterocycles. The van der Waals surface area contributed by atoms with Gasteiger partial charge in [0, 0.05) is 11.8 Å². The zero-order valence-electron chi connectivity index (χ0n) is 15.3. The number of ether oxygens (including phenoxy) is 2. The summed E-state index contributed by atoms with van der Waals surface area (Å²) in [4.78, 5) is 17.1. The summed E-state index contributed by atoms with van der Waals surface area (Å²) in [6.45, 7) is 2.74. The minimum atomic E-state index is -0.148. The van der Waals surface area contributed by atoms with E-state index in [0.717, 1.165) is 18.4 Å². The second kappa shape index (κ2) is 8.86. The minimum absolute atomic E-state index is 0.148. The molecule has 0 saturated heterocycles. The molecule has 5 nitrogen and oxygen atoms in total. The van der Waals surface area contributed by atoms with Crippen LogP contribution in [0.4, 0.5) is 0 Å². The maximum Gasteiger partial charge on any atom is 0.272 e. The first-order valence-corrected chi connectivity index (χ1v) is 9.59. The van der Waals surface area contributed by atoms with Crippen molar-refractivity contribution in [2.24, 2.45) is 0 Å². The number of halogens is 1. The fourth-order valence-electron chi connectivity index (χ4n) is 2.66. The first-order valence-electron chi connectivity index (χ1n) is 8.80. The van der Waals surface area contributed by atoms with E-state index in [1.807, 2.05) is 30.3 Å². The molecule has 3 rings (SSSR count). The Hall–Kier alpha value is -2.60. The van der Waals surface area contributed by atoms with Gasteiger partial charge in [0.2, 0.25) is 0 Å². The average molecular weight is 429 g/mol. The fourth-order valence-corrected chi connectivity index (χ4v) is 3.07. The first kappa shape index (κ1) is 19.2. The summed E-state index contributed by atoms with van der Waals surface area (Å²) in [6, 6.07) is 11.2. The van der Waals surface area contributed by atoms with Crippen LogP contribution in [0.5, 0.6) is 11.5 Å². The highest BCUT2D eigenvalue weighted by atomic mass is 79.9. The summed E-state index contributed by atoms with van der Waals surface area (Å²) in [6.07, 6.45) is 7.41. The number of para-hydroxylation sites is 1. The van der Waals surface area contributed by atoms with Crippen molar-refractivity contribution in [3.05, 3.63) is 68.7 Å². The quantitative estimate of drug-likeness (QED) is 0.506. The highest BCUT2D eigenvalue weighted by Gasteiger charge is 2.10. The number of hydrogen-bond donors (Lipinski definition) is 0. The van der Waals surface area contributed by atoms with Crippen LogP contribution in [0, 0.1) is 0 Å². The lowest BCUT2D eigenvalue weighted by Crippen LogP contribution is -2.16. The van der Waals surface area contributed by atoms with Gasteiger partial charge in [-0.05, 0) is 52.7 Å². The number of fused-ring (bicyclic) bond motifs is 1. The molecule has 0 aliphatic rings. The van der Waals surface area contributed by atoms with E-state index in [9.17, 15) is 4.79 Å². The molecule has 0 radical (unpaired) electrons. The van der Waals surface area contributed by atoms with E-state index in [1.165, 1.54) is 4.40 Å². The van der Waals surface area contributed by atoms with Crippen molar-refractivity contribution in [3.63, 3.8) is 0 Å². The number of pyridine rings is 1. The minimum Gasteiger partial charge on any atom is -0.493 e. The summed E-state index contributed by atoms with van der Waals surface area (Å²) in [5, 5.41) is 0. The van der Waals surface area contributed by atoms with Crippen molar-refractivity contribution in [1.82, 2.24) is 9.38 Å². The Morgan fingerprint density at radius 3 is 2.81 bits per heavy atom. The van der Waals surface area contributed by atoms with E-state index >= 15 is 0 Å². The SMILES string of the molecule is CCCCOc1c(/C=C/c2nc3ccccn3c(=O)c2Br)cccc1OC. The van der Waals surface area contributed by atoms with E-state index in [0.29, 0.717) is 33.9 Å². The number of nitrogens with zero attached hydrogens (tertiary/aromatic N) is 2. The Balaban J connectivity index is 2.00. The molecule has 0 saturated carbocycles. The van der Waals surface area contributed by atoms with E-state index in [2.05, 4.69) is 27.8 Å². The molecule has 140 valence electrons. The normalized spacial score (nSPS) is 11.2. The molecule has 1 aromatic carbocycles. The molecule has 0 amide bonds. The van der Waals surface area contributed by atoms with Crippen molar-refractivity contribution >= 4 is 33.7 Å². The molecule has 6 heteroatoms. The molecule has 0 unspecified atom stereocenters. The molecule has 0 bridgehead atoms. The highest BCUT2D eigenvalue weighted by molar-refractivity contribution is 9.10. The third-order valence-corrected chi connectivity index (χ3v) is 4.84. The van der Waals surface area contributed by atoms with Gasteiger partial charge in [-0.15, -0.1) is 0 Å². The van der Waals surface area contributed by atoms with Gasteiger partial charge >= 0.3 is 0 Å². The zero-order valence-corrected chi connectivity index (χ0v) is 16.9. The lowest BCUT2D eigenvalue weighted by Gasteiger charge is -2.13. The lowest BCUT2D eigenvalue weighted by molar-refractivity contribution is 0.287. The van der Waals surface area contributed by atoms with Gasteiger partial charge in [0.15, 0.2) is 11.5 Å². The van der Waals surface area contributed by atoms with Gasteiger partial charge in [-0.1, -0.05) is 31.5 Å². The van der Waals surface area contributed by atoms with E-state index in [-0.39, 0.29) is 5.56 Å². The molecule has 2 aromatic heterocycles. The number of rotatable bonds is 7. The summed E-state index contributed by atoms with van der Waals surface area (Å²) in [7, 11) is 1.62. The lowest BCUT2D eigenvalue weighted by atomic mass is 10.1. The molecular weight excluding hydrogens is 408 g/mol. The topological polar surface area (TPSA) is 52.8 Å². The second-order valence-corrected chi connectivity index (χ2v) is 6.75. The van der Waals surface area contributed by atoms with Gasteiger partial charge in [-0.2, -0.15) is 0 Å². The fraction of sp³-hybridized carbons (Fsp3) is 0.238. The van der Waals surface area contributed by atoms with Crippen LogP contribution in [0.2, 0.25) is 0 Å². The van der Waals surface area contributed by atoms with E-state index in [4.69, 9.17) is 9.47 Å². The molecule has 0 aliphatic carbocycles. The number of benzene rings is 1. The van der Waals surface area contributed by atoms with Crippen molar-refractivity contribution in [3.8, 4) is 11.5 Å². The van der Waals surface area contributed by atoms with Crippen molar-refractivity contribution < 1.29 is 9.47 Å². The molecule has 2 heterocycles. The molecule has 0 spiro atoms. The number of hydrogen-bond acceptors (Lipinski definition) is 4.